The number of benzene rings is 1. The maximum Gasteiger partial charge on any atom is 0.221 e. The molecule has 4 heteroatoms. The molecule has 0 saturated heterocycles. The highest BCUT2D eigenvalue weighted by molar-refractivity contribution is 5.82. The van der Waals surface area contributed by atoms with Gasteiger partial charge in [0.25, 0.3) is 0 Å². The first kappa shape index (κ1) is 23.9. The number of allylic oxidation sites excluding steroid dienone is 5. The minimum absolute atomic E-state index is 0.330. The van der Waals surface area contributed by atoms with Gasteiger partial charge in [-0.25, -0.2) is 4.98 Å². The lowest BCUT2D eigenvalue weighted by atomic mass is 9.97. The quantitative estimate of drug-likeness (QED) is 0.322. The molecule has 0 aliphatic rings. The highest BCUT2D eigenvalue weighted by Crippen LogP contribution is 2.39. The second kappa shape index (κ2) is 12.3. The Morgan fingerprint density at radius 2 is 2.00 bits per heavy atom. The predicted molar refractivity (Wildman–Crippen MR) is 133 cm³/mol. The van der Waals surface area contributed by atoms with Crippen LogP contribution >= 0.6 is 0 Å². The number of nitrogens with zero attached hydrogens (tertiary/aromatic N) is 2. The van der Waals surface area contributed by atoms with E-state index < -0.39 is 0 Å². The average molecular weight is 417 g/mol. The molecule has 1 aromatic heterocycles. The van der Waals surface area contributed by atoms with E-state index in [4.69, 9.17) is 9.47 Å². The standard InChI is InChI=1S/C27H32N2O2/c1-7-20(12-13-21(8-2)19-28-4)14-15-23-17-22(9-3)18-25(26(23)30-5)24-11-10-16-29-27(24)31-6/h7,9-19,21H,3,8H2,1-2,4-6H3/b13-12-,15-14+,20-7?,28-19?. The van der Waals surface area contributed by atoms with E-state index in [9.17, 15) is 0 Å². The fraction of sp³-hybridized carbons (Fsp3) is 0.259. The van der Waals surface area contributed by atoms with Crippen LogP contribution < -0.4 is 9.47 Å². The summed E-state index contributed by atoms with van der Waals surface area (Å²) in [5.74, 6) is 1.64. The van der Waals surface area contributed by atoms with Crippen molar-refractivity contribution in [3.8, 4) is 22.8 Å². The summed E-state index contributed by atoms with van der Waals surface area (Å²) in [4.78, 5) is 8.48. The van der Waals surface area contributed by atoms with E-state index in [-0.39, 0.29) is 0 Å². The summed E-state index contributed by atoms with van der Waals surface area (Å²) in [6, 6.07) is 7.96. The lowest BCUT2D eigenvalue weighted by molar-refractivity contribution is 0.397. The first-order chi connectivity index (χ1) is 15.1. The zero-order valence-corrected chi connectivity index (χ0v) is 19.1. The second-order valence-electron chi connectivity index (χ2n) is 6.92. The molecule has 31 heavy (non-hydrogen) atoms. The Hall–Kier alpha value is -3.40. The minimum Gasteiger partial charge on any atom is -0.495 e. The fourth-order valence-corrected chi connectivity index (χ4v) is 3.25. The number of hydrogen-bond acceptors (Lipinski definition) is 4. The number of pyridine rings is 1. The van der Waals surface area contributed by atoms with E-state index >= 15 is 0 Å². The molecule has 0 saturated carbocycles. The van der Waals surface area contributed by atoms with Gasteiger partial charge in [-0.1, -0.05) is 50.0 Å². The maximum atomic E-state index is 5.82. The molecule has 0 fully saturated rings. The topological polar surface area (TPSA) is 43.7 Å². The van der Waals surface area contributed by atoms with Crippen LogP contribution in [0.1, 0.15) is 31.4 Å². The molecule has 0 radical (unpaired) electrons. The van der Waals surface area contributed by atoms with Crippen molar-refractivity contribution < 1.29 is 9.47 Å². The van der Waals surface area contributed by atoms with Gasteiger partial charge in [0.1, 0.15) is 5.75 Å². The van der Waals surface area contributed by atoms with Crippen LogP contribution in [0, 0.1) is 5.92 Å². The van der Waals surface area contributed by atoms with Crippen LogP contribution in [0.25, 0.3) is 23.3 Å². The molecule has 1 heterocycles. The van der Waals surface area contributed by atoms with Crippen molar-refractivity contribution in [1.29, 1.82) is 0 Å². The third-order valence-corrected chi connectivity index (χ3v) is 4.97. The largest absolute Gasteiger partial charge is 0.495 e. The first-order valence-corrected chi connectivity index (χ1v) is 10.4. The van der Waals surface area contributed by atoms with Gasteiger partial charge in [-0.15, -0.1) is 0 Å². The monoisotopic (exact) mass is 416 g/mol. The summed E-state index contributed by atoms with van der Waals surface area (Å²) in [6.45, 7) is 8.13. The van der Waals surface area contributed by atoms with Crippen LogP contribution in [-0.4, -0.2) is 32.5 Å². The highest BCUT2D eigenvalue weighted by Gasteiger charge is 2.15. The number of aromatic nitrogens is 1. The summed E-state index contributed by atoms with van der Waals surface area (Å²) in [6.07, 6.45) is 17.1. The van der Waals surface area contributed by atoms with Gasteiger partial charge < -0.3 is 14.5 Å². The normalized spacial score (nSPS) is 13.3. The van der Waals surface area contributed by atoms with E-state index in [1.807, 2.05) is 37.4 Å². The molecule has 0 aliphatic heterocycles. The average Bonchev–Trinajstić information content (AvgIpc) is 2.82. The van der Waals surface area contributed by atoms with Crippen molar-refractivity contribution in [2.45, 2.75) is 20.3 Å². The van der Waals surface area contributed by atoms with E-state index in [2.05, 4.69) is 59.9 Å². The van der Waals surface area contributed by atoms with Crippen LogP contribution in [0.4, 0.5) is 0 Å². The van der Waals surface area contributed by atoms with Crippen molar-refractivity contribution in [1.82, 2.24) is 4.98 Å². The van der Waals surface area contributed by atoms with E-state index in [1.165, 1.54) is 0 Å². The summed E-state index contributed by atoms with van der Waals surface area (Å²) in [7, 11) is 5.10. The van der Waals surface area contributed by atoms with Crippen LogP contribution in [-0.2, 0) is 0 Å². The van der Waals surface area contributed by atoms with Gasteiger partial charge in [-0.2, -0.15) is 0 Å². The van der Waals surface area contributed by atoms with Crippen molar-refractivity contribution in [2.24, 2.45) is 10.9 Å². The molecule has 1 aromatic carbocycles. The van der Waals surface area contributed by atoms with Crippen molar-refractivity contribution in [3.05, 3.63) is 78.0 Å². The molecule has 1 unspecified atom stereocenters. The molecule has 0 amide bonds. The van der Waals surface area contributed by atoms with Gasteiger partial charge in [-0.3, -0.25) is 0 Å². The Morgan fingerprint density at radius 1 is 1.19 bits per heavy atom. The Balaban J connectivity index is 2.51. The third kappa shape index (κ3) is 6.29. The van der Waals surface area contributed by atoms with Gasteiger partial charge in [0.05, 0.1) is 14.2 Å². The van der Waals surface area contributed by atoms with E-state index in [1.54, 1.807) is 27.5 Å². The van der Waals surface area contributed by atoms with Crippen LogP contribution in [0.3, 0.4) is 0 Å². The molecule has 4 nitrogen and oxygen atoms in total. The lowest BCUT2D eigenvalue weighted by Crippen LogP contribution is -1.96. The van der Waals surface area contributed by atoms with Crippen molar-refractivity contribution >= 4 is 18.4 Å². The number of methoxy groups -OCH3 is 2. The Labute approximate surface area is 186 Å². The SMILES string of the molecule is C=Cc1cc(/C=C/C(=CC)/C=C\C(C=NC)CC)c(OC)c(-c2cccnc2OC)c1. The molecule has 2 aromatic rings. The summed E-state index contributed by atoms with van der Waals surface area (Å²) >= 11 is 0. The van der Waals surface area contributed by atoms with E-state index in [0.717, 1.165) is 40.0 Å². The van der Waals surface area contributed by atoms with Gasteiger partial charge in [0.2, 0.25) is 5.88 Å². The number of aliphatic imine (C=N–C) groups is 1. The lowest BCUT2D eigenvalue weighted by Gasteiger charge is -2.15. The molecule has 0 bridgehead atoms. The Bertz CT molecular complexity index is 1000. The van der Waals surface area contributed by atoms with Gasteiger partial charge in [0.15, 0.2) is 0 Å². The third-order valence-electron chi connectivity index (χ3n) is 4.97. The zero-order valence-electron chi connectivity index (χ0n) is 19.1. The number of ether oxygens (including phenoxy) is 2. The van der Waals surface area contributed by atoms with Crippen molar-refractivity contribution in [2.75, 3.05) is 21.3 Å². The van der Waals surface area contributed by atoms with Gasteiger partial charge in [-0.05, 0) is 48.7 Å². The molecule has 1 atom stereocenters. The summed E-state index contributed by atoms with van der Waals surface area (Å²) in [5.41, 5.74) is 4.83. The smallest absolute Gasteiger partial charge is 0.221 e. The summed E-state index contributed by atoms with van der Waals surface area (Å²) < 4.78 is 11.3. The first-order valence-electron chi connectivity index (χ1n) is 10.4. The minimum atomic E-state index is 0.330. The van der Waals surface area contributed by atoms with Crippen molar-refractivity contribution in [3.63, 3.8) is 0 Å². The fourth-order valence-electron chi connectivity index (χ4n) is 3.25. The molecule has 2 rings (SSSR count). The molecular weight excluding hydrogens is 384 g/mol. The van der Waals surface area contributed by atoms with E-state index in [0.29, 0.717) is 11.8 Å². The molecule has 0 spiro atoms. The highest BCUT2D eigenvalue weighted by atomic mass is 16.5. The molecule has 0 aliphatic carbocycles. The molecule has 162 valence electrons. The predicted octanol–water partition coefficient (Wildman–Crippen LogP) is 6.65. The summed E-state index contributed by atoms with van der Waals surface area (Å²) in [5, 5.41) is 0. The van der Waals surface area contributed by atoms with Gasteiger partial charge >= 0.3 is 0 Å². The second-order valence-corrected chi connectivity index (χ2v) is 6.92. The number of hydrogen-bond donors (Lipinski definition) is 0. The maximum absolute atomic E-state index is 5.82. The molecular formula is C27H32N2O2. The van der Waals surface area contributed by atoms with Crippen LogP contribution in [0.2, 0.25) is 0 Å². The zero-order chi connectivity index (χ0) is 22.6. The Kier molecular flexibility index (Phi) is 9.50. The van der Waals surface area contributed by atoms with Gasteiger partial charge in [0, 0.05) is 42.1 Å². The molecule has 0 N–H and O–H groups in total. The Morgan fingerprint density at radius 3 is 2.61 bits per heavy atom. The number of rotatable bonds is 10. The van der Waals surface area contributed by atoms with Crippen LogP contribution in [0.5, 0.6) is 11.6 Å². The van der Waals surface area contributed by atoms with Crippen LogP contribution in [0.15, 0.2) is 71.9 Å².